The Morgan fingerprint density at radius 2 is 1.96 bits per heavy atom. The number of carboxylic acids is 1. The lowest BCUT2D eigenvalue weighted by Crippen LogP contribution is -2.12. The largest absolute Gasteiger partial charge is 0.496 e. The van der Waals surface area contributed by atoms with Crippen LogP contribution in [0.25, 0.3) is 11.3 Å². The smallest absolute Gasteiger partial charge is 0.356 e. The quantitative estimate of drug-likeness (QED) is 0.918. The van der Waals surface area contributed by atoms with E-state index in [0.29, 0.717) is 5.92 Å². The fraction of sp³-hybridized carbons (Fsp3) is 0.474. The van der Waals surface area contributed by atoms with E-state index in [0.717, 1.165) is 22.9 Å². The first kappa shape index (κ1) is 16.6. The lowest BCUT2D eigenvalue weighted by Gasteiger charge is -2.28. The summed E-state index contributed by atoms with van der Waals surface area (Å²) in [5.41, 5.74) is 3.07. The number of methoxy groups -OCH3 is 1. The van der Waals surface area contributed by atoms with Crippen LogP contribution in [0.3, 0.4) is 0 Å². The van der Waals surface area contributed by atoms with E-state index in [1.54, 1.807) is 24.9 Å². The topological polar surface area (TPSA) is 64.3 Å². The van der Waals surface area contributed by atoms with Gasteiger partial charge in [0.25, 0.3) is 0 Å². The van der Waals surface area contributed by atoms with E-state index in [-0.39, 0.29) is 5.69 Å². The maximum absolute atomic E-state index is 11.1. The maximum Gasteiger partial charge on any atom is 0.356 e. The molecule has 5 heteroatoms. The van der Waals surface area contributed by atoms with Gasteiger partial charge in [0.05, 0.1) is 12.8 Å². The number of rotatable bonds is 4. The van der Waals surface area contributed by atoms with E-state index < -0.39 is 5.97 Å². The van der Waals surface area contributed by atoms with Crippen molar-refractivity contribution in [3.05, 3.63) is 35.5 Å². The van der Waals surface area contributed by atoms with Crippen molar-refractivity contribution in [3.8, 4) is 17.0 Å². The van der Waals surface area contributed by atoms with Crippen LogP contribution in [0, 0.1) is 5.92 Å². The fourth-order valence-corrected chi connectivity index (χ4v) is 3.63. The summed E-state index contributed by atoms with van der Waals surface area (Å²) in [6, 6.07) is 7.71. The summed E-state index contributed by atoms with van der Waals surface area (Å²) in [5, 5.41) is 13.2. The minimum Gasteiger partial charge on any atom is -0.496 e. The number of carbonyl (C=O) groups is 1. The van der Waals surface area contributed by atoms with Crippen LogP contribution in [-0.4, -0.2) is 28.0 Å². The van der Waals surface area contributed by atoms with Crippen LogP contribution in [0.5, 0.6) is 5.75 Å². The van der Waals surface area contributed by atoms with Gasteiger partial charge < -0.3 is 9.84 Å². The van der Waals surface area contributed by atoms with Crippen molar-refractivity contribution < 1.29 is 14.6 Å². The Bertz CT molecular complexity index is 743. The predicted octanol–water partition coefficient (Wildman–Crippen LogP) is 4.09. The van der Waals surface area contributed by atoms with Gasteiger partial charge in [-0.3, -0.25) is 4.68 Å². The third-order valence-corrected chi connectivity index (χ3v) is 5.08. The fourth-order valence-electron chi connectivity index (χ4n) is 3.63. The molecule has 1 heterocycles. The Balaban J connectivity index is 1.98. The number of aromatic nitrogens is 2. The number of ether oxygens (including phenoxy) is 1. The molecule has 5 nitrogen and oxygen atoms in total. The number of nitrogens with zero attached hydrogens (tertiary/aromatic N) is 2. The Hall–Kier alpha value is -2.30. The highest BCUT2D eigenvalue weighted by atomic mass is 16.5. The number of aromatic carboxylic acids is 1. The molecule has 0 saturated heterocycles. The van der Waals surface area contributed by atoms with Crippen molar-refractivity contribution in [1.29, 1.82) is 0 Å². The molecule has 0 unspecified atom stereocenters. The average molecular weight is 328 g/mol. The van der Waals surface area contributed by atoms with Crippen LogP contribution in [0.15, 0.2) is 24.3 Å². The lowest BCUT2D eigenvalue weighted by atomic mass is 9.79. The molecule has 1 fully saturated rings. The average Bonchev–Trinajstić information content (AvgIpc) is 2.97. The van der Waals surface area contributed by atoms with Gasteiger partial charge in [0, 0.05) is 12.6 Å². The molecule has 1 aliphatic carbocycles. The molecule has 0 spiro atoms. The number of hydrogen-bond acceptors (Lipinski definition) is 3. The zero-order valence-electron chi connectivity index (χ0n) is 14.5. The molecule has 3 rings (SSSR count). The van der Waals surface area contributed by atoms with Gasteiger partial charge in [-0.2, -0.15) is 5.10 Å². The van der Waals surface area contributed by atoms with E-state index >= 15 is 0 Å². The summed E-state index contributed by atoms with van der Waals surface area (Å²) in [7, 11) is 3.48. The monoisotopic (exact) mass is 328 g/mol. The van der Waals surface area contributed by atoms with Gasteiger partial charge >= 0.3 is 5.97 Å². The number of carboxylic acid groups (broad SMARTS) is 1. The van der Waals surface area contributed by atoms with Gasteiger partial charge in [0.1, 0.15) is 5.75 Å². The number of benzene rings is 1. The second kappa shape index (κ2) is 6.67. The molecule has 2 aromatic rings. The first-order chi connectivity index (χ1) is 11.5. The summed E-state index contributed by atoms with van der Waals surface area (Å²) >= 11 is 0. The molecule has 1 saturated carbocycles. The van der Waals surface area contributed by atoms with E-state index in [1.807, 2.05) is 12.1 Å². The van der Waals surface area contributed by atoms with Gasteiger partial charge in [0.15, 0.2) is 5.69 Å². The van der Waals surface area contributed by atoms with Gasteiger partial charge in [-0.1, -0.05) is 19.8 Å². The van der Waals surface area contributed by atoms with E-state index in [9.17, 15) is 4.79 Å². The van der Waals surface area contributed by atoms with Crippen molar-refractivity contribution in [2.24, 2.45) is 13.0 Å². The van der Waals surface area contributed by atoms with Crippen molar-refractivity contribution in [2.45, 2.75) is 38.5 Å². The van der Waals surface area contributed by atoms with Crippen LogP contribution in [-0.2, 0) is 7.05 Å². The summed E-state index contributed by atoms with van der Waals surface area (Å²) in [4.78, 5) is 11.1. The summed E-state index contributed by atoms with van der Waals surface area (Å²) < 4.78 is 7.20. The summed E-state index contributed by atoms with van der Waals surface area (Å²) in [6.45, 7) is 2.31. The Morgan fingerprint density at radius 3 is 2.54 bits per heavy atom. The minimum atomic E-state index is -1.01. The van der Waals surface area contributed by atoms with E-state index in [1.165, 1.54) is 31.2 Å². The second-order valence-electron chi connectivity index (χ2n) is 6.76. The molecule has 1 aliphatic rings. The molecule has 1 aromatic carbocycles. The van der Waals surface area contributed by atoms with E-state index in [4.69, 9.17) is 9.84 Å². The molecule has 0 amide bonds. The zero-order valence-corrected chi connectivity index (χ0v) is 14.5. The Kier molecular flexibility index (Phi) is 4.60. The van der Waals surface area contributed by atoms with Crippen molar-refractivity contribution >= 4 is 5.97 Å². The minimum absolute atomic E-state index is 0.0661. The SMILES string of the molecule is COc1ccc(-c2cc(C(=O)O)nn2C)cc1C1CCC(C)CC1. The molecule has 1 N–H and O–H groups in total. The standard InChI is InChI=1S/C19H24N2O3/c1-12-4-6-13(7-5-12)15-10-14(8-9-18(15)24-3)17-11-16(19(22)23)20-21(17)2/h8-13H,4-7H2,1-3H3,(H,22,23). The highest BCUT2D eigenvalue weighted by Crippen LogP contribution is 2.41. The van der Waals surface area contributed by atoms with Crippen molar-refractivity contribution in [2.75, 3.05) is 7.11 Å². The van der Waals surface area contributed by atoms with Crippen LogP contribution >= 0.6 is 0 Å². The second-order valence-corrected chi connectivity index (χ2v) is 6.76. The number of aryl methyl sites for hydroxylation is 1. The summed E-state index contributed by atoms with van der Waals surface area (Å²) in [6.07, 6.45) is 4.83. The molecule has 128 valence electrons. The molecule has 0 radical (unpaired) electrons. The van der Waals surface area contributed by atoms with Crippen molar-refractivity contribution in [3.63, 3.8) is 0 Å². The highest BCUT2D eigenvalue weighted by Gasteiger charge is 2.23. The van der Waals surface area contributed by atoms with E-state index in [2.05, 4.69) is 18.1 Å². The molecule has 0 atom stereocenters. The van der Waals surface area contributed by atoms with Gasteiger partial charge in [0.2, 0.25) is 0 Å². The maximum atomic E-state index is 11.1. The molecule has 1 aromatic heterocycles. The van der Waals surface area contributed by atoms with Gasteiger partial charge in [-0.15, -0.1) is 0 Å². The summed E-state index contributed by atoms with van der Waals surface area (Å²) in [5.74, 6) is 1.21. The van der Waals surface area contributed by atoms with Crippen LogP contribution in [0.2, 0.25) is 0 Å². The molecular weight excluding hydrogens is 304 g/mol. The number of hydrogen-bond donors (Lipinski definition) is 1. The lowest BCUT2D eigenvalue weighted by molar-refractivity contribution is 0.0689. The molecule has 0 bridgehead atoms. The normalized spacial score (nSPS) is 20.8. The molecule has 0 aliphatic heterocycles. The Morgan fingerprint density at radius 1 is 1.25 bits per heavy atom. The first-order valence-electron chi connectivity index (χ1n) is 8.45. The Labute approximate surface area is 142 Å². The van der Waals surface area contributed by atoms with Gasteiger partial charge in [-0.05, 0) is 54.5 Å². The van der Waals surface area contributed by atoms with Crippen molar-refractivity contribution in [1.82, 2.24) is 9.78 Å². The predicted molar refractivity (Wildman–Crippen MR) is 92.5 cm³/mol. The molecule has 24 heavy (non-hydrogen) atoms. The van der Waals surface area contributed by atoms with Crippen LogP contribution < -0.4 is 4.74 Å². The first-order valence-corrected chi connectivity index (χ1v) is 8.45. The third kappa shape index (κ3) is 3.16. The van der Waals surface area contributed by atoms with Crippen LogP contribution in [0.4, 0.5) is 0 Å². The van der Waals surface area contributed by atoms with Gasteiger partial charge in [-0.25, -0.2) is 4.79 Å². The third-order valence-electron chi connectivity index (χ3n) is 5.08. The zero-order chi connectivity index (χ0) is 17.3. The van der Waals surface area contributed by atoms with Crippen LogP contribution in [0.1, 0.15) is 54.6 Å². The molecular formula is C19H24N2O3. The highest BCUT2D eigenvalue weighted by molar-refractivity contribution is 5.87.